The Morgan fingerprint density at radius 2 is 1.60 bits per heavy atom. The summed E-state index contributed by atoms with van der Waals surface area (Å²) in [5, 5.41) is 3.15. The molecule has 3 rings (SSSR count). The lowest BCUT2D eigenvalue weighted by Gasteiger charge is -2.34. The highest BCUT2D eigenvalue weighted by molar-refractivity contribution is 7.92. The Morgan fingerprint density at radius 3 is 2.17 bits per heavy atom. The fourth-order valence-electron chi connectivity index (χ4n) is 4.29. The molecular weight excluding hydrogens is 553 g/mol. The Kier molecular flexibility index (Phi) is 10.3. The summed E-state index contributed by atoms with van der Waals surface area (Å²) in [6.45, 7) is 8.38. The van der Waals surface area contributed by atoms with Crippen molar-refractivity contribution in [2.45, 2.75) is 64.6 Å². The number of benzene rings is 3. The number of sulfonamides is 1. The van der Waals surface area contributed by atoms with Crippen molar-refractivity contribution in [3.63, 3.8) is 0 Å². The molecule has 3 aromatic rings. The Morgan fingerprint density at radius 1 is 0.975 bits per heavy atom. The van der Waals surface area contributed by atoms with Gasteiger partial charge >= 0.3 is 0 Å². The van der Waals surface area contributed by atoms with E-state index < -0.39 is 34.3 Å². The lowest BCUT2D eigenvalue weighted by molar-refractivity contribution is -0.140. The minimum absolute atomic E-state index is 0.0138. The van der Waals surface area contributed by atoms with Gasteiger partial charge in [0.2, 0.25) is 11.8 Å². The Hall–Kier alpha value is -3.43. The first-order chi connectivity index (χ1) is 18.8. The summed E-state index contributed by atoms with van der Waals surface area (Å²) in [5.74, 6) is -1.39. The zero-order valence-corrected chi connectivity index (χ0v) is 24.9. The molecule has 214 valence electrons. The van der Waals surface area contributed by atoms with Crippen LogP contribution in [0.4, 0.5) is 10.1 Å². The molecule has 7 nitrogen and oxygen atoms in total. The first-order valence-corrected chi connectivity index (χ1v) is 14.8. The van der Waals surface area contributed by atoms with Gasteiger partial charge in [-0.3, -0.25) is 13.9 Å². The van der Waals surface area contributed by atoms with E-state index in [-0.39, 0.29) is 35.5 Å². The van der Waals surface area contributed by atoms with Crippen molar-refractivity contribution in [3.8, 4) is 0 Å². The van der Waals surface area contributed by atoms with Gasteiger partial charge in [-0.25, -0.2) is 12.8 Å². The van der Waals surface area contributed by atoms with E-state index in [1.807, 2.05) is 20.8 Å². The number of rotatable bonds is 11. The van der Waals surface area contributed by atoms with Crippen molar-refractivity contribution in [1.82, 2.24) is 10.2 Å². The second kappa shape index (κ2) is 13.3. The average Bonchev–Trinajstić information content (AvgIpc) is 2.89. The van der Waals surface area contributed by atoms with Gasteiger partial charge in [0.05, 0.1) is 10.6 Å². The molecule has 0 saturated heterocycles. The van der Waals surface area contributed by atoms with Crippen LogP contribution in [-0.4, -0.2) is 43.8 Å². The van der Waals surface area contributed by atoms with Crippen LogP contribution in [0, 0.1) is 19.7 Å². The van der Waals surface area contributed by atoms with E-state index in [0.717, 1.165) is 9.87 Å². The van der Waals surface area contributed by atoms with Crippen LogP contribution in [0.2, 0.25) is 5.02 Å². The number of hydrogen-bond donors (Lipinski definition) is 1. The first-order valence-electron chi connectivity index (χ1n) is 13.0. The van der Waals surface area contributed by atoms with Gasteiger partial charge in [0, 0.05) is 17.6 Å². The van der Waals surface area contributed by atoms with Gasteiger partial charge in [-0.1, -0.05) is 54.4 Å². The molecule has 0 unspecified atom stereocenters. The second-order valence-electron chi connectivity index (χ2n) is 9.99. The summed E-state index contributed by atoms with van der Waals surface area (Å²) in [6.07, 6.45) is 0.284. The monoisotopic (exact) mass is 587 g/mol. The van der Waals surface area contributed by atoms with Gasteiger partial charge < -0.3 is 10.2 Å². The van der Waals surface area contributed by atoms with Crippen molar-refractivity contribution < 1.29 is 22.4 Å². The molecule has 0 heterocycles. The van der Waals surface area contributed by atoms with Gasteiger partial charge in [0.25, 0.3) is 10.0 Å². The maximum Gasteiger partial charge on any atom is 0.264 e. The molecular formula is C30H35ClFN3O4S. The normalized spacial score (nSPS) is 12.2. The molecule has 10 heteroatoms. The number of carbonyl (C=O) groups excluding carboxylic acids is 2. The number of anilines is 1. The number of amides is 2. The molecule has 0 spiro atoms. The Labute approximate surface area is 241 Å². The second-order valence-corrected chi connectivity index (χ2v) is 12.3. The summed E-state index contributed by atoms with van der Waals surface area (Å²) in [4.78, 5) is 28.6. The molecule has 0 aliphatic heterocycles. The summed E-state index contributed by atoms with van der Waals surface area (Å²) in [6, 6.07) is 15.7. The van der Waals surface area contributed by atoms with Crippen LogP contribution in [-0.2, 0) is 26.2 Å². The highest BCUT2D eigenvalue weighted by Crippen LogP contribution is 2.30. The standard InChI is InChI=1S/C30H35ClFN3O4S/c1-6-27(30(37)33-20(2)3)34(18-23-10-13-25(32)14-11-23)29(36)19-35(28-17-24(31)12-9-22(28)5)40(38,39)26-15-7-21(4)8-16-26/h7-17,20,27H,6,18-19H2,1-5H3,(H,33,37)/t27-/m1/s1. The first kappa shape index (κ1) is 31.1. The Bertz CT molecular complexity index is 1440. The highest BCUT2D eigenvalue weighted by atomic mass is 35.5. The molecule has 0 fully saturated rings. The molecule has 40 heavy (non-hydrogen) atoms. The van der Waals surface area contributed by atoms with E-state index >= 15 is 0 Å². The maximum atomic E-state index is 14.0. The van der Waals surface area contributed by atoms with E-state index in [4.69, 9.17) is 11.6 Å². The van der Waals surface area contributed by atoms with Crippen LogP contribution < -0.4 is 9.62 Å². The van der Waals surface area contributed by atoms with Gasteiger partial charge in [-0.05, 0) is 81.6 Å². The summed E-state index contributed by atoms with van der Waals surface area (Å²) in [7, 11) is -4.21. The smallest absolute Gasteiger partial charge is 0.264 e. The predicted molar refractivity (Wildman–Crippen MR) is 156 cm³/mol. The zero-order valence-electron chi connectivity index (χ0n) is 23.3. The largest absolute Gasteiger partial charge is 0.352 e. The zero-order chi connectivity index (χ0) is 29.6. The van der Waals surface area contributed by atoms with Crippen LogP contribution in [0.3, 0.4) is 0 Å². The fraction of sp³-hybridized carbons (Fsp3) is 0.333. The minimum Gasteiger partial charge on any atom is -0.352 e. The molecule has 0 aromatic heterocycles. The van der Waals surface area contributed by atoms with Gasteiger partial charge in [0.1, 0.15) is 18.4 Å². The van der Waals surface area contributed by atoms with Crippen molar-refractivity contribution >= 4 is 39.1 Å². The van der Waals surface area contributed by atoms with Crippen LogP contribution in [0.15, 0.2) is 71.6 Å². The van der Waals surface area contributed by atoms with E-state index in [1.54, 1.807) is 38.1 Å². The number of nitrogens with one attached hydrogen (secondary N) is 1. The molecule has 0 bridgehead atoms. The van der Waals surface area contributed by atoms with E-state index in [9.17, 15) is 22.4 Å². The van der Waals surface area contributed by atoms with Gasteiger partial charge in [-0.15, -0.1) is 0 Å². The quantitative estimate of drug-likeness (QED) is 0.315. The number of aryl methyl sites for hydroxylation is 2. The topological polar surface area (TPSA) is 86.8 Å². The van der Waals surface area contributed by atoms with Crippen molar-refractivity contribution in [3.05, 3.63) is 94.3 Å². The van der Waals surface area contributed by atoms with Gasteiger partial charge in [0.15, 0.2) is 0 Å². The lowest BCUT2D eigenvalue weighted by Crippen LogP contribution is -2.53. The van der Waals surface area contributed by atoms with Crippen LogP contribution in [0.1, 0.15) is 43.9 Å². The molecule has 1 N–H and O–H groups in total. The SMILES string of the molecule is CC[C@H](C(=O)NC(C)C)N(Cc1ccc(F)cc1)C(=O)CN(c1cc(Cl)ccc1C)S(=O)(=O)c1ccc(C)cc1. The van der Waals surface area contributed by atoms with Gasteiger partial charge in [-0.2, -0.15) is 0 Å². The van der Waals surface area contributed by atoms with E-state index in [0.29, 0.717) is 16.1 Å². The van der Waals surface area contributed by atoms with Crippen LogP contribution in [0.25, 0.3) is 0 Å². The number of nitrogens with zero attached hydrogens (tertiary/aromatic N) is 2. The number of carbonyl (C=O) groups is 2. The molecule has 0 radical (unpaired) electrons. The Balaban J connectivity index is 2.10. The van der Waals surface area contributed by atoms with E-state index in [1.165, 1.54) is 47.4 Å². The third-order valence-corrected chi connectivity index (χ3v) is 8.42. The fourth-order valence-corrected chi connectivity index (χ4v) is 5.93. The molecule has 1 atom stereocenters. The van der Waals surface area contributed by atoms with Crippen molar-refractivity contribution in [2.75, 3.05) is 10.8 Å². The molecule has 0 aliphatic carbocycles. The van der Waals surface area contributed by atoms with Crippen LogP contribution >= 0.6 is 11.6 Å². The van der Waals surface area contributed by atoms with Crippen molar-refractivity contribution in [1.29, 1.82) is 0 Å². The molecule has 0 aliphatic rings. The number of hydrogen-bond acceptors (Lipinski definition) is 4. The summed E-state index contributed by atoms with van der Waals surface area (Å²) >= 11 is 6.26. The minimum atomic E-state index is -4.21. The van der Waals surface area contributed by atoms with Crippen LogP contribution in [0.5, 0.6) is 0 Å². The average molecular weight is 588 g/mol. The van der Waals surface area contributed by atoms with Crippen molar-refractivity contribution in [2.24, 2.45) is 0 Å². The molecule has 2 amide bonds. The lowest BCUT2D eigenvalue weighted by atomic mass is 10.1. The third kappa shape index (κ3) is 7.61. The summed E-state index contributed by atoms with van der Waals surface area (Å²) in [5.41, 5.74) is 2.33. The maximum absolute atomic E-state index is 14.0. The molecule has 3 aromatic carbocycles. The third-order valence-electron chi connectivity index (χ3n) is 6.41. The van der Waals surface area contributed by atoms with E-state index in [2.05, 4.69) is 5.32 Å². The summed E-state index contributed by atoms with van der Waals surface area (Å²) < 4.78 is 42.6. The number of halogens is 2. The molecule has 0 saturated carbocycles. The predicted octanol–water partition coefficient (Wildman–Crippen LogP) is 5.62. The highest BCUT2D eigenvalue weighted by Gasteiger charge is 2.34.